The zero-order valence-corrected chi connectivity index (χ0v) is 22.7. The number of urea groups is 1. The van der Waals surface area contributed by atoms with Gasteiger partial charge in [-0.25, -0.2) is 22.4 Å². The van der Waals surface area contributed by atoms with Crippen LogP contribution in [0, 0.1) is 17.8 Å². The molecule has 18 heteroatoms. The maximum atomic E-state index is 14.1. The van der Waals surface area contributed by atoms with Crippen molar-refractivity contribution in [1.29, 1.82) is 0 Å². The summed E-state index contributed by atoms with van der Waals surface area (Å²) < 4.78 is 125. The minimum Gasteiger partial charge on any atom is -0.407 e. The number of ether oxygens (including phenoxy) is 1. The minimum absolute atomic E-state index is 0.0219. The van der Waals surface area contributed by atoms with Crippen molar-refractivity contribution >= 4 is 33.5 Å². The molecule has 0 spiro atoms. The molecule has 0 aliphatic carbocycles. The molecule has 2 heterocycles. The van der Waals surface area contributed by atoms with Crippen LogP contribution in [0.3, 0.4) is 0 Å². The van der Waals surface area contributed by atoms with E-state index in [1.807, 2.05) is 0 Å². The van der Waals surface area contributed by atoms with Crippen LogP contribution < -0.4 is 14.5 Å². The van der Waals surface area contributed by atoms with Crippen LogP contribution in [0.2, 0.25) is 0 Å². The van der Waals surface area contributed by atoms with Crippen molar-refractivity contribution in [3.8, 4) is 17.7 Å². The van der Waals surface area contributed by atoms with Gasteiger partial charge in [0.25, 0.3) is 10.0 Å². The monoisotopic (exact) mass is 633 g/mol. The largest absolute Gasteiger partial charge is 0.420 e. The Morgan fingerprint density at radius 3 is 2.26 bits per heavy atom. The third kappa shape index (κ3) is 6.83. The molecule has 1 aliphatic rings. The lowest BCUT2D eigenvalue weighted by Gasteiger charge is -2.25. The van der Waals surface area contributed by atoms with E-state index in [1.54, 1.807) is 0 Å². The number of hydrogen-bond acceptors (Lipinski definition) is 6. The summed E-state index contributed by atoms with van der Waals surface area (Å²) in [6, 6.07) is 5.31. The molecule has 1 aromatic heterocycles. The highest BCUT2D eigenvalue weighted by Gasteiger charge is 2.44. The van der Waals surface area contributed by atoms with Crippen LogP contribution in [0.4, 0.5) is 51.7 Å². The lowest BCUT2D eigenvalue weighted by molar-refractivity contribution is -0.143. The van der Waals surface area contributed by atoms with Crippen molar-refractivity contribution in [2.45, 2.75) is 12.4 Å². The zero-order valence-electron chi connectivity index (χ0n) is 21.9. The van der Waals surface area contributed by atoms with Gasteiger partial charge in [0.05, 0.1) is 42.0 Å². The van der Waals surface area contributed by atoms with E-state index >= 15 is 0 Å². The molecule has 228 valence electrons. The highest BCUT2D eigenvalue weighted by molar-refractivity contribution is 7.89. The van der Waals surface area contributed by atoms with Crippen LogP contribution in [0.5, 0.6) is 5.75 Å². The molecule has 4 rings (SSSR count). The third-order valence-corrected chi connectivity index (χ3v) is 6.79. The second-order valence-corrected chi connectivity index (χ2v) is 10.8. The molecular weight excluding hydrogens is 615 g/mol. The maximum absolute atomic E-state index is 14.1. The number of amides is 3. The van der Waals surface area contributed by atoms with E-state index in [2.05, 4.69) is 17.1 Å². The molecule has 3 amide bonds. The second kappa shape index (κ2) is 11.1. The van der Waals surface area contributed by atoms with Crippen molar-refractivity contribution in [1.82, 2.24) is 14.1 Å². The van der Waals surface area contributed by atoms with E-state index in [4.69, 9.17) is 4.74 Å². The molecule has 1 aliphatic heterocycles. The fourth-order valence-electron chi connectivity index (χ4n) is 3.77. The van der Waals surface area contributed by atoms with Crippen LogP contribution in [-0.4, -0.2) is 61.0 Å². The number of alkyl halides is 6. The Kier molecular flexibility index (Phi) is 8.06. The van der Waals surface area contributed by atoms with E-state index in [-0.39, 0.29) is 29.9 Å². The van der Waals surface area contributed by atoms with Crippen molar-refractivity contribution in [2.75, 3.05) is 36.2 Å². The SMILES string of the molecule is CN(C(=O)Oc1c(N2CCN(C#Cc3cnn(S(C)(=O)=O)c3)C2=O)cc(C(F)(F)F)cc1C(F)(F)F)c1ccc(F)cc1. The average Bonchev–Trinajstić information content (AvgIpc) is 3.53. The Morgan fingerprint density at radius 2 is 1.70 bits per heavy atom. The number of carbonyl (C=O) groups excluding carboxylic acids is 2. The first-order chi connectivity index (χ1) is 19.9. The van der Waals surface area contributed by atoms with Crippen LogP contribution in [-0.2, 0) is 22.4 Å². The Morgan fingerprint density at radius 1 is 1.05 bits per heavy atom. The molecule has 1 saturated heterocycles. The van der Waals surface area contributed by atoms with Crippen LogP contribution in [0.15, 0.2) is 48.8 Å². The molecule has 43 heavy (non-hydrogen) atoms. The molecule has 3 aromatic rings. The first-order valence-corrected chi connectivity index (χ1v) is 13.6. The second-order valence-electron chi connectivity index (χ2n) is 8.96. The highest BCUT2D eigenvalue weighted by Crippen LogP contribution is 2.47. The number of rotatable bonds is 4. The molecule has 0 radical (unpaired) electrons. The van der Waals surface area contributed by atoms with Gasteiger partial charge in [-0.05, 0) is 42.3 Å². The predicted octanol–water partition coefficient (Wildman–Crippen LogP) is 4.75. The summed E-state index contributed by atoms with van der Waals surface area (Å²) in [7, 11) is -2.68. The number of carbonyl (C=O) groups is 2. The number of anilines is 2. The molecule has 2 aromatic carbocycles. The number of nitrogens with zero attached hydrogens (tertiary/aromatic N) is 5. The summed E-state index contributed by atoms with van der Waals surface area (Å²) in [5.74, 6) is 0.380. The molecule has 0 N–H and O–H groups in total. The molecule has 10 nitrogen and oxygen atoms in total. The molecule has 0 unspecified atom stereocenters. The highest BCUT2D eigenvalue weighted by atomic mass is 32.2. The van der Waals surface area contributed by atoms with Gasteiger partial charge in [-0.1, -0.05) is 0 Å². The Labute approximate surface area is 238 Å². The number of hydrogen-bond donors (Lipinski definition) is 0. The van der Waals surface area contributed by atoms with Gasteiger partial charge in [0.15, 0.2) is 5.75 Å². The van der Waals surface area contributed by atoms with E-state index in [0.29, 0.717) is 13.9 Å². The van der Waals surface area contributed by atoms with Gasteiger partial charge in [-0.2, -0.15) is 35.5 Å². The summed E-state index contributed by atoms with van der Waals surface area (Å²) in [6.45, 7) is -0.764. The topological polar surface area (TPSA) is 105 Å². The van der Waals surface area contributed by atoms with Crippen LogP contribution in [0.1, 0.15) is 16.7 Å². The van der Waals surface area contributed by atoms with Crippen LogP contribution in [0.25, 0.3) is 0 Å². The predicted molar refractivity (Wildman–Crippen MR) is 136 cm³/mol. The Bertz CT molecular complexity index is 1740. The average molecular weight is 634 g/mol. The fraction of sp³-hybridized carbons (Fsp3) is 0.240. The van der Waals surface area contributed by atoms with Crippen molar-refractivity contribution in [3.63, 3.8) is 0 Å². The van der Waals surface area contributed by atoms with E-state index in [9.17, 15) is 48.7 Å². The first-order valence-electron chi connectivity index (χ1n) is 11.8. The molecule has 0 atom stereocenters. The fourth-order valence-corrected chi connectivity index (χ4v) is 4.29. The lowest BCUT2D eigenvalue weighted by Crippen LogP contribution is -2.33. The van der Waals surface area contributed by atoms with Gasteiger partial charge in [0, 0.05) is 25.3 Å². The van der Waals surface area contributed by atoms with E-state index in [0.717, 1.165) is 54.9 Å². The quantitative estimate of drug-likeness (QED) is 0.304. The molecule has 0 saturated carbocycles. The first kappa shape index (κ1) is 31.2. The van der Waals surface area contributed by atoms with Gasteiger partial charge < -0.3 is 4.74 Å². The van der Waals surface area contributed by atoms with Crippen LogP contribution >= 0.6 is 0 Å². The van der Waals surface area contributed by atoms with E-state index < -0.39 is 69.4 Å². The minimum atomic E-state index is -5.47. The number of halogens is 7. The summed E-state index contributed by atoms with van der Waals surface area (Å²) >= 11 is 0. The Balaban J connectivity index is 1.75. The van der Waals surface area contributed by atoms with Gasteiger partial charge in [-0.3, -0.25) is 14.7 Å². The van der Waals surface area contributed by atoms with Crippen molar-refractivity contribution in [2.24, 2.45) is 0 Å². The summed E-state index contributed by atoms with van der Waals surface area (Å²) in [4.78, 5) is 27.9. The number of benzene rings is 2. The van der Waals surface area contributed by atoms with E-state index in [1.165, 1.54) is 0 Å². The summed E-state index contributed by atoms with van der Waals surface area (Å²) in [5.41, 5.74) is -4.75. The zero-order chi connectivity index (χ0) is 31.9. The smallest absolute Gasteiger partial charge is 0.407 e. The summed E-state index contributed by atoms with van der Waals surface area (Å²) in [6.07, 6.45) is -9.29. The Hall–Kier alpha value is -4.79. The van der Waals surface area contributed by atoms with Gasteiger partial charge in [0.2, 0.25) is 0 Å². The lowest BCUT2D eigenvalue weighted by atomic mass is 10.1. The molecule has 0 bridgehead atoms. The van der Waals surface area contributed by atoms with Gasteiger partial charge in [-0.15, -0.1) is 0 Å². The summed E-state index contributed by atoms with van der Waals surface area (Å²) in [5, 5.41) is 3.59. The molecule has 1 fully saturated rings. The normalized spacial score (nSPS) is 14.0. The van der Waals surface area contributed by atoms with Gasteiger partial charge in [0.1, 0.15) is 11.4 Å². The third-order valence-electron chi connectivity index (χ3n) is 5.91. The van der Waals surface area contributed by atoms with Crippen molar-refractivity contribution in [3.05, 3.63) is 71.3 Å². The standard InChI is InChI=1S/C25H18F7N5O5S/c1-34(18-5-3-17(26)4-6-18)23(39)42-21-19(25(30,31)32)11-16(24(27,28)29)12-20(21)36-10-9-35(22(36)38)8-7-15-13-33-37(14-15)43(2,40)41/h3-6,11-14H,9-10H2,1-2H3. The van der Waals surface area contributed by atoms with Crippen molar-refractivity contribution < 1.29 is 53.5 Å². The van der Waals surface area contributed by atoms with Gasteiger partial charge >= 0.3 is 24.5 Å². The molecular formula is C25H18F7N5O5S. The number of aromatic nitrogens is 2. The maximum Gasteiger partial charge on any atom is 0.420 e.